The third kappa shape index (κ3) is 3.85. The van der Waals surface area contributed by atoms with Gasteiger partial charge in [-0.05, 0) is 50.2 Å². The molecule has 1 fully saturated rings. The van der Waals surface area contributed by atoms with Crippen LogP contribution in [0.25, 0.3) is 11.0 Å². The smallest absolute Gasteiger partial charge is 0.294 e. The predicted molar refractivity (Wildman–Crippen MR) is 108 cm³/mol. The lowest BCUT2D eigenvalue weighted by Gasteiger charge is -2.21. The first kappa shape index (κ1) is 18.5. The third-order valence-electron chi connectivity index (χ3n) is 4.73. The minimum atomic E-state index is -0.494. The van der Waals surface area contributed by atoms with Crippen molar-refractivity contribution >= 4 is 45.9 Å². The zero-order valence-electron chi connectivity index (χ0n) is 15.0. The maximum atomic E-state index is 12.8. The number of pyridine rings is 1. The predicted octanol–water partition coefficient (Wildman–Crippen LogP) is 3.67. The molecule has 0 spiro atoms. The van der Waals surface area contributed by atoms with Crippen LogP contribution < -0.4 is 16.0 Å². The van der Waals surface area contributed by atoms with Crippen molar-refractivity contribution < 1.29 is 14.0 Å². The molecule has 2 aromatic heterocycles. The Balaban J connectivity index is 1.63. The number of hydrogen-bond donors (Lipinski definition) is 3. The van der Waals surface area contributed by atoms with E-state index in [9.17, 15) is 9.59 Å². The van der Waals surface area contributed by atoms with Crippen LogP contribution in [0.4, 0.5) is 11.5 Å². The average molecular weight is 399 g/mol. The van der Waals surface area contributed by atoms with E-state index >= 15 is 0 Å². The molecule has 0 bridgehead atoms. The first-order chi connectivity index (χ1) is 13.6. The number of para-hydroxylation sites is 1. The van der Waals surface area contributed by atoms with E-state index < -0.39 is 5.91 Å². The number of halogens is 1. The van der Waals surface area contributed by atoms with E-state index in [0.29, 0.717) is 27.5 Å². The Morgan fingerprint density at radius 3 is 2.64 bits per heavy atom. The second-order valence-electron chi connectivity index (χ2n) is 6.63. The minimum Gasteiger partial charge on any atom is -0.449 e. The summed E-state index contributed by atoms with van der Waals surface area (Å²) in [5.74, 6) is -0.312. The summed E-state index contributed by atoms with van der Waals surface area (Å²) in [5, 5.41) is 9.98. The Morgan fingerprint density at radius 1 is 1.11 bits per heavy atom. The first-order valence-electron chi connectivity index (χ1n) is 9.08. The normalized spacial score (nSPS) is 14.8. The van der Waals surface area contributed by atoms with Crippen LogP contribution in [0, 0.1) is 5.92 Å². The summed E-state index contributed by atoms with van der Waals surface area (Å²) in [6.45, 7) is 1.61. The summed E-state index contributed by atoms with van der Waals surface area (Å²) >= 11 is 5.83. The van der Waals surface area contributed by atoms with Gasteiger partial charge >= 0.3 is 0 Å². The van der Waals surface area contributed by atoms with Gasteiger partial charge < -0.3 is 20.4 Å². The standard InChI is InChI=1S/C20H19ClN4O3/c21-13-5-6-16(23-11-13)24-20(27)18-17(14-3-1-2-4-15(14)28-18)25-19(26)12-7-9-22-10-8-12/h1-6,11-12,22H,7-10H2,(H,25,26)(H,23,24,27). The Hall–Kier alpha value is -2.90. The second-order valence-corrected chi connectivity index (χ2v) is 7.07. The minimum absolute atomic E-state index is 0.0419. The fourth-order valence-corrected chi connectivity index (χ4v) is 3.37. The monoisotopic (exact) mass is 398 g/mol. The molecule has 4 rings (SSSR count). The van der Waals surface area contributed by atoms with Gasteiger partial charge in [0.2, 0.25) is 11.7 Å². The SMILES string of the molecule is O=C(Nc1ccc(Cl)cn1)c1oc2ccccc2c1NC(=O)C1CCNCC1. The summed E-state index contributed by atoms with van der Waals surface area (Å²) in [7, 11) is 0. The number of piperidine rings is 1. The molecule has 28 heavy (non-hydrogen) atoms. The fraction of sp³-hybridized carbons (Fsp3) is 0.250. The van der Waals surface area contributed by atoms with Crippen LogP contribution >= 0.6 is 11.6 Å². The lowest BCUT2D eigenvalue weighted by molar-refractivity contribution is -0.120. The molecule has 3 aromatic rings. The number of benzene rings is 1. The highest BCUT2D eigenvalue weighted by Gasteiger charge is 2.26. The van der Waals surface area contributed by atoms with E-state index in [4.69, 9.17) is 16.0 Å². The quantitative estimate of drug-likeness (QED) is 0.623. The van der Waals surface area contributed by atoms with Crippen molar-refractivity contribution in [3.05, 3.63) is 53.4 Å². The molecule has 8 heteroatoms. The number of hydrogen-bond acceptors (Lipinski definition) is 5. The summed E-state index contributed by atoms with van der Waals surface area (Å²) in [4.78, 5) is 29.6. The van der Waals surface area contributed by atoms with Crippen molar-refractivity contribution in [2.75, 3.05) is 23.7 Å². The molecule has 0 unspecified atom stereocenters. The molecule has 0 saturated carbocycles. The number of carbonyl (C=O) groups is 2. The zero-order chi connectivity index (χ0) is 19.5. The van der Waals surface area contributed by atoms with Crippen molar-refractivity contribution in [3.8, 4) is 0 Å². The summed E-state index contributed by atoms with van der Waals surface area (Å²) < 4.78 is 5.75. The van der Waals surface area contributed by atoms with E-state index in [1.807, 2.05) is 18.2 Å². The van der Waals surface area contributed by atoms with Crippen LogP contribution in [0.1, 0.15) is 23.4 Å². The number of nitrogens with one attached hydrogen (secondary N) is 3. The number of carbonyl (C=O) groups excluding carboxylic acids is 2. The number of aromatic nitrogens is 1. The Kier molecular flexibility index (Phi) is 5.27. The van der Waals surface area contributed by atoms with Gasteiger partial charge in [-0.1, -0.05) is 23.7 Å². The highest BCUT2D eigenvalue weighted by Crippen LogP contribution is 2.32. The van der Waals surface area contributed by atoms with Gasteiger partial charge in [-0.25, -0.2) is 4.98 Å². The maximum absolute atomic E-state index is 12.8. The van der Waals surface area contributed by atoms with E-state index in [1.165, 1.54) is 6.20 Å². The Bertz CT molecular complexity index is 1010. The topological polar surface area (TPSA) is 96.3 Å². The third-order valence-corrected chi connectivity index (χ3v) is 4.95. The molecule has 3 heterocycles. The lowest BCUT2D eigenvalue weighted by Crippen LogP contribution is -2.34. The summed E-state index contributed by atoms with van der Waals surface area (Å²) in [6, 6.07) is 10.4. The number of amides is 2. The molecule has 1 saturated heterocycles. The van der Waals surface area contributed by atoms with Gasteiger partial charge in [0.1, 0.15) is 17.1 Å². The highest BCUT2D eigenvalue weighted by molar-refractivity contribution is 6.30. The van der Waals surface area contributed by atoms with Gasteiger partial charge in [0.25, 0.3) is 5.91 Å². The average Bonchev–Trinajstić information content (AvgIpc) is 3.09. The molecule has 0 aliphatic carbocycles. The van der Waals surface area contributed by atoms with Gasteiger partial charge in [0.15, 0.2) is 0 Å². The van der Waals surface area contributed by atoms with E-state index in [2.05, 4.69) is 20.9 Å². The van der Waals surface area contributed by atoms with Gasteiger partial charge in [-0.15, -0.1) is 0 Å². The molecule has 0 atom stereocenters. The van der Waals surface area contributed by atoms with Crippen LogP contribution in [0.5, 0.6) is 0 Å². The molecule has 7 nitrogen and oxygen atoms in total. The number of nitrogens with zero attached hydrogens (tertiary/aromatic N) is 1. The van der Waals surface area contributed by atoms with Crippen molar-refractivity contribution in [2.45, 2.75) is 12.8 Å². The summed E-state index contributed by atoms with van der Waals surface area (Å²) in [6.07, 6.45) is 2.96. The van der Waals surface area contributed by atoms with Gasteiger partial charge in [-0.2, -0.15) is 0 Å². The van der Waals surface area contributed by atoms with Gasteiger partial charge in [0.05, 0.1) is 5.02 Å². The molecule has 144 valence electrons. The summed E-state index contributed by atoms with van der Waals surface area (Å²) in [5.41, 5.74) is 0.905. The number of rotatable bonds is 4. The first-order valence-corrected chi connectivity index (χ1v) is 9.45. The Labute approximate surface area is 166 Å². The Morgan fingerprint density at radius 2 is 1.89 bits per heavy atom. The number of anilines is 2. The van der Waals surface area contributed by atoms with E-state index in [0.717, 1.165) is 25.9 Å². The van der Waals surface area contributed by atoms with E-state index in [-0.39, 0.29) is 17.6 Å². The van der Waals surface area contributed by atoms with Crippen molar-refractivity contribution in [2.24, 2.45) is 5.92 Å². The van der Waals surface area contributed by atoms with Gasteiger partial charge in [-0.3, -0.25) is 9.59 Å². The highest BCUT2D eigenvalue weighted by atomic mass is 35.5. The fourth-order valence-electron chi connectivity index (χ4n) is 3.26. The second kappa shape index (κ2) is 8.00. The molecular weight excluding hydrogens is 380 g/mol. The van der Waals surface area contributed by atoms with Gasteiger partial charge in [0, 0.05) is 17.5 Å². The van der Waals surface area contributed by atoms with Crippen molar-refractivity contribution in [1.82, 2.24) is 10.3 Å². The van der Waals surface area contributed by atoms with Crippen LogP contribution in [-0.2, 0) is 4.79 Å². The molecule has 1 aliphatic rings. The van der Waals surface area contributed by atoms with Crippen molar-refractivity contribution in [3.63, 3.8) is 0 Å². The number of fused-ring (bicyclic) bond motifs is 1. The zero-order valence-corrected chi connectivity index (χ0v) is 15.8. The molecular formula is C20H19ClN4O3. The molecule has 3 N–H and O–H groups in total. The molecule has 1 aromatic carbocycles. The van der Waals surface area contributed by atoms with E-state index in [1.54, 1.807) is 18.2 Å². The molecule has 2 amide bonds. The van der Waals surface area contributed by atoms with Crippen LogP contribution in [-0.4, -0.2) is 29.9 Å². The van der Waals surface area contributed by atoms with Crippen LogP contribution in [0.3, 0.4) is 0 Å². The van der Waals surface area contributed by atoms with Crippen LogP contribution in [0.15, 0.2) is 47.0 Å². The van der Waals surface area contributed by atoms with Crippen molar-refractivity contribution in [1.29, 1.82) is 0 Å². The largest absolute Gasteiger partial charge is 0.449 e. The molecule has 0 radical (unpaired) electrons. The lowest BCUT2D eigenvalue weighted by atomic mass is 9.97. The maximum Gasteiger partial charge on any atom is 0.294 e. The number of furan rings is 1. The molecule has 1 aliphatic heterocycles. The van der Waals surface area contributed by atoms with Crippen LogP contribution in [0.2, 0.25) is 5.02 Å².